The molecule has 9 nitrogen and oxygen atoms in total. The number of rotatable bonds is 2. The van der Waals surface area contributed by atoms with Crippen LogP contribution in [0.4, 0.5) is 0 Å². The van der Waals surface area contributed by atoms with Crippen LogP contribution < -0.4 is 5.56 Å². The van der Waals surface area contributed by atoms with Gasteiger partial charge in [0.25, 0.3) is 0 Å². The number of benzene rings is 1. The van der Waals surface area contributed by atoms with Gasteiger partial charge in [0.15, 0.2) is 0 Å². The summed E-state index contributed by atoms with van der Waals surface area (Å²) >= 11 is 0. The SMILES string of the molecule is O=c1ccc(-c2cc(C#CC3OC(CO)[C@@H](O)C(O)C3O)c3[nH]ncc3c2)c[nH]1. The van der Waals surface area contributed by atoms with Crippen molar-refractivity contribution in [2.75, 3.05) is 6.61 Å². The first-order valence-electron chi connectivity index (χ1n) is 8.96. The number of hydrogen-bond donors (Lipinski definition) is 6. The van der Waals surface area contributed by atoms with E-state index in [1.165, 1.54) is 6.07 Å². The molecule has 0 amide bonds. The van der Waals surface area contributed by atoms with Crippen LogP contribution in [0.2, 0.25) is 0 Å². The van der Waals surface area contributed by atoms with Crippen LogP contribution in [0, 0.1) is 11.8 Å². The Kier molecular flexibility index (Phi) is 5.19. The zero-order valence-corrected chi connectivity index (χ0v) is 15.1. The molecule has 1 aliphatic rings. The third kappa shape index (κ3) is 3.67. The molecule has 0 aliphatic carbocycles. The Balaban J connectivity index is 1.72. The van der Waals surface area contributed by atoms with Crippen LogP contribution in [0.3, 0.4) is 0 Å². The zero-order valence-electron chi connectivity index (χ0n) is 15.1. The average Bonchev–Trinajstić information content (AvgIpc) is 3.21. The van der Waals surface area contributed by atoms with Gasteiger partial charge in [-0.1, -0.05) is 11.8 Å². The number of aliphatic hydroxyl groups excluding tert-OH is 4. The highest BCUT2D eigenvalue weighted by Crippen LogP contribution is 2.26. The summed E-state index contributed by atoms with van der Waals surface area (Å²) < 4.78 is 5.42. The van der Waals surface area contributed by atoms with Gasteiger partial charge in [-0.15, -0.1) is 0 Å². The molecule has 1 aliphatic heterocycles. The molecule has 0 radical (unpaired) electrons. The highest BCUT2D eigenvalue weighted by Gasteiger charge is 2.42. The Hall–Kier alpha value is -3.00. The molecule has 4 rings (SSSR count). The maximum Gasteiger partial charge on any atom is 0.247 e. The number of aliphatic hydroxyl groups is 4. The second-order valence-electron chi connectivity index (χ2n) is 6.82. The molecule has 0 spiro atoms. The van der Waals surface area contributed by atoms with Crippen LogP contribution in [0.1, 0.15) is 5.56 Å². The van der Waals surface area contributed by atoms with Crippen molar-refractivity contribution in [2.24, 2.45) is 0 Å². The summed E-state index contributed by atoms with van der Waals surface area (Å²) in [4.78, 5) is 13.9. The van der Waals surface area contributed by atoms with E-state index in [9.17, 15) is 25.2 Å². The number of ether oxygens (including phenoxy) is 1. The van der Waals surface area contributed by atoms with Crippen molar-refractivity contribution >= 4 is 10.9 Å². The molecule has 2 aromatic heterocycles. The van der Waals surface area contributed by atoms with Crippen molar-refractivity contribution in [1.29, 1.82) is 0 Å². The summed E-state index contributed by atoms with van der Waals surface area (Å²) in [6.07, 6.45) is -3.23. The number of hydrogen-bond acceptors (Lipinski definition) is 7. The third-order valence-electron chi connectivity index (χ3n) is 4.91. The molecule has 1 saturated heterocycles. The average molecular weight is 397 g/mol. The Morgan fingerprint density at radius 2 is 1.93 bits per heavy atom. The topological polar surface area (TPSA) is 152 Å². The summed E-state index contributed by atoms with van der Waals surface area (Å²) in [5.41, 5.74) is 2.62. The molecule has 29 heavy (non-hydrogen) atoms. The predicted octanol–water partition coefficient (Wildman–Crippen LogP) is -0.888. The second-order valence-corrected chi connectivity index (χ2v) is 6.82. The summed E-state index contributed by atoms with van der Waals surface area (Å²) in [7, 11) is 0. The van der Waals surface area contributed by atoms with Crippen molar-refractivity contribution in [3.05, 3.63) is 52.6 Å². The van der Waals surface area contributed by atoms with Gasteiger partial charge in [0.1, 0.15) is 30.5 Å². The molecule has 1 fully saturated rings. The maximum absolute atomic E-state index is 11.3. The third-order valence-corrected chi connectivity index (χ3v) is 4.91. The number of aromatic nitrogens is 3. The number of nitrogens with one attached hydrogen (secondary N) is 2. The van der Waals surface area contributed by atoms with Gasteiger partial charge in [-0.3, -0.25) is 9.89 Å². The lowest BCUT2D eigenvalue weighted by molar-refractivity contribution is -0.214. The smallest absolute Gasteiger partial charge is 0.247 e. The van der Waals surface area contributed by atoms with Crippen molar-refractivity contribution in [1.82, 2.24) is 15.2 Å². The van der Waals surface area contributed by atoms with Crippen LogP contribution in [-0.4, -0.2) is 72.7 Å². The van der Waals surface area contributed by atoms with E-state index in [2.05, 4.69) is 27.0 Å². The van der Waals surface area contributed by atoms with Gasteiger partial charge in [0, 0.05) is 17.6 Å². The molecule has 5 atom stereocenters. The first kappa shape index (κ1) is 19.3. The Morgan fingerprint density at radius 3 is 2.66 bits per heavy atom. The van der Waals surface area contributed by atoms with E-state index in [4.69, 9.17) is 4.74 Å². The number of fused-ring (bicyclic) bond motifs is 1. The van der Waals surface area contributed by atoms with Gasteiger partial charge in [-0.2, -0.15) is 5.10 Å². The van der Waals surface area contributed by atoms with Crippen LogP contribution in [0.25, 0.3) is 22.0 Å². The van der Waals surface area contributed by atoms with Crippen molar-refractivity contribution in [3.63, 3.8) is 0 Å². The first-order valence-corrected chi connectivity index (χ1v) is 8.96. The van der Waals surface area contributed by atoms with E-state index in [0.717, 1.165) is 16.5 Å². The molecule has 6 N–H and O–H groups in total. The van der Waals surface area contributed by atoms with E-state index in [1.807, 2.05) is 6.07 Å². The Morgan fingerprint density at radius 1 is 1.10 bits per heavy atom. The van der Waals surface area contributed by atoms with E-state index in [-0.39, 0.29) is 5.56 Å². The fraction of sp³-hybridized carbons (Fsp3) is 0.300. The summed E-state index contributed by atoms with van der Waals surface area (Å²) in [6.45, 7) is -0.518. The number of pyridine rings is 1. The van der Waals surface area contributed by atoms with Gasteiger partial charge in [0.2, 0.25) is 5.56 Å². The quantitative estimate of drug-likeness (QED) is 0.307. The molecule has 9 heteroatoms. The summed E-state index contributed by atoms with van der Waals surface area (Å²) in [5, 5.41) is 46.9. The molecule has 3 heterocycles. The number of H-pyrrole nitrogens is 2. The predicted molar refractivity (Wildman–Crippen MR) is 103 cm³/mol. The fourth-order valence-corrected chi connectivity index (χ4v) is 3.28. The molecule has 0 saturated carbocycles. The Labute approximate surface area is 164 Å². The van der Waals surface area contributed by atoms with Gasteiger partial charge in [-0.25, -0.2) is 0 Å². The monoisotopic (exact) mass is 397 g/mol. The van der Waals surface area contributed by atoms with Crippen LogP contribution in [0.15, 0.2) is 41.5 Å². The van der Waals surface area contributed by atoms with E-state index < -0.39 is 37.1 Å². The standard InChI is InChI=1S/C20H19N3O6/c24-9-15-19(27)20(28)18(26)14(29-15)3-1-10-5-12(6-13-8-22-23-17(10)13)11-2-4-16(25)21-7-11/h2,4-8,14-15,18-20,24,26-28H,9H2,(H,21,25)(H,22,23)/t14?,15?,18?,19-,20?/m1/s1. The summed E-state index contributed by atoms with van der Waals surface area (Å²) in [6, 6.07) is 6.81. The zero-order chi connectivity index (χ0) is 20.5. The molecule has 3 aromatic rings. The minimum absolute atomic E-state index is 0.208. The van der Waals surface area contributed by atoms with Crippen molar-refractivity contribution < 1.29 is 25.2 Å². The first-order chi connectivity index (χ1) is 14.0. The van der Waals surface area contributed by atoms with Crippen molar-refractivity contribution in [2.45, 2.75) is 30.5 Å². The van der Waals surface area contributed by atoms with Crippen LogP contribution in [-0.2, 0) is 4.74 Å². The number of nitrogens with zero attached hydrogens (tertiary/aromatic N) is 1. The minimum atomic E-state index is -1.49. The Bertz CT molecular complexity index is 1120. The highest BCUT2D eigenvalue weighted by atomic mass is 16.5. The van der Waals surface area contributed by atoms with E-state index in [1.54, 1.807) is 24.5 Å². The van der Waals surface area contributed by atoms with Gasteiger partial charge in [0.05, 0.1) is 23.9 Å². The lowest BCUT2D eigenvalue weighted by Gasteiger charge is -2.37. The molecular weight excluding hydrogens is 378 g/mol. The number of aromatic amines is 2. The molecule has 150 valence electrons. The molecular formula is C20H19N3O6. The summed E-state index contributed by atoms with van der Waals surface area (Å²) in [5.74, 6) is 5.69. The maximum atomic E-state index is 11.3. The minimum Gasteiger partial charge on any atom is -0.394 e. The van der Waals surface area contributed by atoms with Crippen molar-refractivity contribution in [3.8, 4) is 23.0 Å². The molecule has 1 aromatic carbocycles. The second kappa shape index (κ2) is 7.79. The van der Waals surface area contributed by atoms with Gasteiger partial charge >= 0.3 is 0 Å². The van der Waals surface area contributed by atoms with Gasteiger partial charge in [-0.05, 0) is 29.3 Å². The van der Waals surface area contributed by atoms with Gasteiger partial charge < -0.3 is 30.1 Å². The largest absolute Gasteiger partial charge is 0.394 e. The lowest BCUT2D eigenvalue weighted by atomic mass is 9.95. The normalized spacial score (nSPS) is 26.8. The van der Waals surface area contributed by atoms with E-state index in [0.29, 0.717) is 11.1 Å². The van der Waals surface area contributed by atoms with Crippen LogP contribution in [0.5, 0.6) is 0 Å². The fourth-order valence-electron chi connectivity index (χ4n) is 3.28. The molecule has 0 bridgehead atoms. The molecule has 4 unspecified atom stereocenters. The van der Waals surface area contributed by atoms with E-state index >= 15 is 0 Å². The lowest BCUT2D eigenvalue weighted by Crippen LogP contribution is -2.58. The van der Waals surface area contributed by atoms with Crippen LogP contribution >= 0.6 is 0 Å². The highest BCUT2D eigenvalue weighted by molar-refractivity contribution is 5.89.